The Balaban J connectivity index is 1.95. The molecule has 20 heavy (non-hydrogen) atoms. The molecule has 110 valence electrons. The van der Waals surface area contributed by atoms with Gasteiger partial charge in [-0.25, -0.2) is 0 Å². The summed E-state index contributed by atoms with van der Waals surface area (Å²) in [5.74, 6) is -0.311. The number of halogens is 2. The lowest BCUT2D eigenvalue weighted by Gasteiger charge is -2.28. The van der Waals surface area contributed by atoms with E-state index in [1.165, 1.54) is 24.3 Å². The SMILES string of the molecule is O=C(N[C@H]1CCCC[C@@H]1O)c1ccc(OC(F)F)cc1. The second kappa shape index (κ2) is 6.65. The number of aliphatic hydroxyl groups excluding tert-OH is 1. The van der Waals surface area contributed by atoms with Gasteiger partial charge in [-0.2, -0.15) is 8.78 Å². The fourth-order valence-electron chi connectivity index (χ4n) is 2.32. The largest absolute Gasteiger partial charge is 0.435 e. The van der Waals surface area contributed by atoms with Gasteiger partial charge in [0, 0.05) is 5.56 Å². The molecule has 0 saturated heterocycles. The summed E-state index contributed by atoms with van der Waals surface area (Å²) >= 11 is 0. The molecule has 2 rings (SSSR count). The first-order valence-electron chi connectivity index (χ1n) is 6.60. The molecule has 1 aliphatic rings. The third-order valence-electron chi connectivity index (χ3n) is 3.39. The van der Waals surface area contributed by atoms with Gasteiger partial charge in [-0.3, -0.25) is 4.79 Å². The second-order valence-corrected chi connectivity index (χ2v) is 4.83. The van der Waals surface area contributed by atoms with E-state index in [4.69, 9.17) is 0 Å². The van der Waals surface area contributed by atoms with E-state index in [1.807, 2.05) is 0 Å². The maximum atomic E-state index is 12.0. The molecule has 0 bridgehead atoms. The molecule has 0 unspecified atom stereocenters. The summed E-state index contributed by atoms with van der Waals surface area (Å²) in [5.41, 5.74) is 0.351. The maximum absolute atomic E-state index is 12.0. The highest BCUT2D eigenvalue weighted by molar-refractivity contribution is 5.94. The summed E-state index contributed by atoms with van der Waals surface area (Å²) in [7, 11) is 0. The predicted molar refractivity (Wildman–Crippen MR) is 68.8 cm³/mol. The van der Waals surface area contributed by atoms with Crippen LogP contribution in [0.4, 0.5) is 8.78 Å². The normalized spacial score (nSPS) is 22.6. The minimum Gasteiger partial charge on any atom is -0.435 e. The molecule has 1 aliphatic carbocycles. The first-order chi connectivity index (χ1) is 9.56. The van der Waals surface area contributed by atoms with Crippen LogP contribution < -0.4 is 10.1 Å². The van der Waals surface area contributed by atoms with Crippen molar-refractivity contribution in [3.8, 4) is 5.75 Å². The number of hydrogen-bond donors (Lipinski definition) is 2. The third kappa shape index (κ3) is 3.90. The van der Waals surface area contributed by atoms with Crippen LogP contribution in [0.3, 0.4) is 0 Å². The van der Waals surface area contributed by atoms with Crippen molar-refractivity contribution in [2.75, 3.05) is 0 Å². The summed E-state index contributed by atoms with van der Waals surface area (Å²) in [6.07, 6.45) is 2.86. The van der Waals surface area contributed by atoms with Crippen molar-refractivity contribution in [2.45, 2.75) is 44.4 Å². The molecule has 2 N–H and O–H groups in total. The minimum absolute atomic E-state index is 0.00857. The Morgan fingerprint density at radius 2 is 1.90 bits per heavy atom. The lowest BCUT2D eigenvalue weighted by molar-refractivity contribution is -0.0498. The first-order valence-corrected chi connectivity index (χ1v) is 6.60. The highest BCUT2D eigenvalue weighted by atomic mass is 19.3. The molecule has 1 aromatic rings. The van der Waals surface area contributed by atoms with Gasteiger partial charge in [0.2, 0.25) is 0 Å². The molecule has 0 radical (unpaired) electrons. The van der Waals surface area contributed by atoms with Crippen LogP contribution in [-0.2, 0) is 0 Å². The Hall–Kier alpha value is -1.69. The van der Waals surface area contributed by atoms with Crippen LogP contribution >= 0.6 is 0 Å². The lowest BCUT2D eigenvalue weighted by atomic mass is 9.92. The van der Waals surface area contributed by atoms with Gasteiger partial charge < -0.3 is 15.2 Å². The lowest BCUT2D eigenvalue weighted by Crippen LogP contribution is -2.45. The summed E-state index contributed by atoms with van der Waals surface area (Å²) in [6.45, 7) is -2.88. The van der Waals surface area contributed by atoms with Gasteiger partial charge in [-0.15, -0.1) is 0 Å². The molecule has 4 nitrogen and oxygen atoms in total. The van der Waals surface area contributed by atoms with Gasteiger partial charge in [-0.1, -0.05) is 12.8 Å². The predicted octanol–water partition coefficient (Wildman–Crippen LogP) is 2.32. The van der Waals surface area contributed by atoms with E-state index in [2.05, 4.69) is 10.1 Å². The zero-order valence-electron chi connectivity index (χ0n) is 10.9. The van der Waals surface area contributed by atoms with Gasteiger partial charge in [0.15, 0.2) is 0 Å². The van der Waals surface area contributed by atoms with Crippen LogP contribution in [0.25, 0.3) is 0 Å². The van der Waals surface area contributed by atoms with Crippen molar-refractivity contribution in [3.63, 3.8) is 0 Å². The van der Waals surface area contributed by atoms with Crippen LogP contribution in [0.1, 0.15) is 36.0 Å². The van der Waals surface area contributed by atoms with Gasteiger partial charge in [0.25, 0.3) is 5.91 Å². The first kappa shape index (κ1) is 14.7. The molecular formula is C14H17F2NO3. The van der Waals surface area contributed by atoms with Gasteiger partial charge in [0.1, 0.15) is 5.75 Å². The number of aliphatic hydroxyl groups is 1. The molecule has 6 heteroatoms. The third-order valence-corrected chi connectivity index (χ3v) is 3.39. The zero-order valence-corrected chi connectivity index (χ0v) is 10.9. The number of amides is 1. The Bertz CT molecular complexity index is 450. The summed E-state index contributed by atoms with van der Waals surface area (Å²) < 4.78 is 28.2. The number of nitrogens with one attached hydrogen (secondary N) is 1. The second-order valence-electron chi connectivity index (χ2n) is 4.83. The number of alkyl halides is 2. The van der Waals surface area contributed by atoms with Crippen LogP contribution in [0.5, 0.6) is 5.75 Å². The van der Waals surface area contributed by atoms with Crippen molar-refractivity contribution in [3.05, 3.63) is 29.8 Å². The molecule has 0 aromatic heterocycles. The average molecular weight is 285 g/mol. The molecule has 0 heterocycles. The molecule has 1 fully saturated rings. The Morgan fingerprint density at radius 1 is 1.25 bits per heavy atom. The Kier molecular flexibility index (Phi) is 4.89. The molecule has 0 aliphatic heterocycles. The smallest absolute Gasteiger partial charge is 0.387 e. The highest BCUT2D eigenvalue weighted by Gasteiger charge is 2.24. The van der Waals surface area contributed by atoms with Crippen molar-refractivity contribution in [1.29, 1.82) is 0 Å². The van der Waals surface area contributed by atoms with Crippen LogP contribution in [-0.4, -0.2) is 29.8 Å². The van der Waals surface area contributed by atoms with E-state index >= 15 is 0 Å². The minimum atomic E-state index is -2.88. The standard InChI is InChI=1S/C14H17F2NO3/c15-14(16)20-10-7-5-9(6-8-10)13(19)17-11-3-1-2-4-12(11)18/h5-8,11-12,14,18H,1-4H2,(H,17,19)/t11-,12-/m0/s1. The van der Waals surface area contributed by atoms with Crippen LogP contribution in [0.15, 0.2) is 24.3 Å². The summed E-state index contributed by atoms with van der Waals surface area (Å²) in [5, 5.41) is 12.6. The molecular weight excluding hydrogens is 268 g/mol. The van der Waals surface area contributed by atoms with E-state index < -0.39 is 12.7 Å². The fraction of sp³-hybridized carbons (Fsp3) is 0.500. The van der Waals surface area contributed by atoms with Crippen LogP contribution in [0.2, 0.25) is 0 Å². The molecule has 1 amide bonds. The number of carbonyl (C=O) groups is 1. The maximum Gasteiger partial charge on any atom is 0.387 e. The number of hydrogen-bond acceptors (Lipinski definition) is 3. The van der Waals surface area contributed by atoms with E-state index in [-0.39, 0.29) is 17.7 Å². The topological polar surface area (TPSA) is 58.6 Å². The molecule has 1 saturated carbocycles. The zero-order chi connectivity index (χ0) is 14.5. The van der Waals surface area contributed by atoms with Crippen LogP contribution in [0, 0.1) is 0 Å². The molecule has 0 spiro atoms. The Morgan fingerprint density at radius 3 is 2.50 bits per heavy atom. The van der Waals surface area contributed by atoms with E-state index in [0.717, 1.165) is 19.3 Å². The summed E-state index contributed by atoms with van der Waals surface area (Å²) in [6, 6.07) is 5.23. The summed E-state index contributed by atoms with van der Waals surface area (Å²) in [4.78, 5) is 12.0. The van der Waals surface area contributed by atoms with E-state index in [1.54, 1.807) is 0 Å². The van der Waals surface area contributed by atoms with Crippen molar-refractivity contribution >= 4 is 5.91 Å². The molecule has 2 atom stereocenters. The monoisotopic (exact) mass is 285 g/mol. The quantitative estimate of drug-likeness (QED) is 0.892. The van der Waals surface area contributed by atoms with E-state index in [0.29, 0.717) is 12.0 Å². The van der Waals surface area contributed by atoms with Crippen molar-refractivity contribution in [2.24, 2.45) is 0 Å². The Labute approximate surface area is 115 Å². The average Bonchev–Trinajstić information content (AvgIpc) is 2.41. The van der Waals surface area contributed by atoms with Crippen molar-refractivity contribution < 1.29 is 23.4 Å². The number of ether oxygens (including phenoxy) is 1. The van der Waals surface area contributed by atoms with Gasteiger partial charge >= 0.3 is 6.61 Å². The molecule has 1 aromatic carbocycles. The number of carbonyl (C=O) groups excluding carboxylic acids is 1. The van der Waals surface area contributed by atoms with E-state index in [9.17, 15) is 18.7 Å². The number of rotatable bonds is 4. The van der Waals surface area contributed by atoms with Gasteiger partial charge in [0.05, 0.1) is 12.1 Å². The highest BCUT2D eigenvalue weighted by Crippen LogP contribution is 2.19. The van der Waals surface area contributed by atoms with Crippen molar-refractivity contribution in [1.82, 2.24) is 5.32 Å². The fourth-order valence-corrected chi connectivity index (χ4v) is 2.32. The van der Waals surface area contributed by atoms with Gasteiger partial charge in [-0.05, 0) is 37.1 Å². The number of benzene rings is 1.